The molecule has 1 aromatic heterocycles. The largest absolute Gasteiger partial charge is 0.376 e. The number of hydrogen-bond acceptors (Lipinski definition) is 5. The Balaban J connectivity index is 1.60. The van der Waals surface area contributed by atoms with Gasteiger partial charge in [-0.15, -0.1) is 0 Å². The molecule has 1 aromatic rings. The second-order valence-corrected chi connectivity index (χ2v) is 6.55. The van der Waals surface area contributed by atoms with Crippen LogP contribution in [0.15, 0.2) is 10.9 Å². The van der Waals surface area contributed by atoms with Crippen molar-refractivity contribution in [2.75, 3.05) is 19.7 Å². The summed E-state index contributed by atoms with van der Waals surface area (Å²) >= 11 is 0. The molecule has 2 aliphatic rings. The second kappa shape index (κ2) is 7.44. The van der Waals surface area contributed by atoms with Gasteiger partial charge in [-0.1, -0.05) is 0 Å². The molecule has 7 nitrogen and oxygen atoms in total. The molecule has 132 valence electrons. The summed E-state index contributed by atoms with van der Waals surface area (Å²) in [5.41, 5.74) is 1.84. The van der Waals surface area contributed by atoms with Crippen LogP contribution in [0.25, 0.3) is 0 Å². The monoisotopic (exact) mass is 334 g/mol. The summed E-state index contributed by atoms with van der Waals surface area (Å²) in [4.78, 5) is 26.5. The van der Waals surface area contributed by atoms with Crippen LogP contribution >= 0.6 is 0 Å². The van der Waals surface area contributed by atoms with Crippen molar-refractivity contribution < 1.29 is 9.53 Å². The maximum Gasteiger partial charge on any atom is 0.267 e. The van der Waals surface area contributed by atoms with Gasteiger partial charge in [0.15, 0.2) is 0 Å². The number of nitrogens with one attached hydrogen (secondary N) is 1. The van der Waals surface area contributed by atoms with E-state index in [2.05, 4.69) is 15.3 Å². The highest BCUT2D eigenvalue weighted by Crippen LogP contribution is 2.18. The first-order valence-corrected chi connectivity index (χ1v) is 8.81. The highest BCUT2D eigenvalue weighted by molar-refractivity contribution is 5.81. The predicted molar refractivity (Wildman–Crippen MR) is 89.7 cm³/mol. The maximum absolute atomic E-state index is 12.4. The molecule has 2 unspecified atom stereocenters. The van der Waals surface area contributed by atoms with Gasteiger partial charge in [0.25, 0.3) is 5.56 Å². The summed E-state index contributed by atoms with van der Waals surface area (Å²) < 4.78 is 7.03. The van der Waals surface area contributed by atoms with Crippen LogP contribution in [-0.4, -0.2) is 52.4 Å². The van der Waals surface area contributed by atoms with Crippen molar-refractivity contribution >= 4 is 5.91 Å². The first-order chi connectivity index (χ1) is 11.6. The average molecular weight is 334 g/mol. The van der Waals surface area contributed by atoms with Crippen LogP contribution in [0.2, 0.25) is 0 Å². The molecule has 0 spiro atoms. The number of ether oxygens (including phenoxy) is 1. The lowest BCUT2D eigenvalue weighted by Gasteiger charge is -2.32. The van der Waals surface area contributed by atoms with E-state index in [1.165, 1.54) is 4.68 Å². The van der Waals surface area contributed by atoms with E-state index in [-0.39, 0.29) is 23.6 Å². The Morgan fingerprint density at radius 3 is 3.08 bits per heavy atom. The van der Waals surface area contributed by atoms with Gasteiger partial charge in [-0.25, -0.2) is 4.68 Å². The fourth-order valence-corrected chi connectivity index (χ4v) is 3.35. The number of carbonyl (C=O) groups excluding carboxylic acids is 1. The molecular formula is C17H26N4O3. The van der Waals surface area contributed by atoms with Crippen LogP contribution in [0.4, 0.5) is 0 Å². The predicted octanol–water partition coefficient (Wildman–Crippen LogP) is 0.305. The van der Waals surface area contributed by atoms with E-state index in [0.29, 0.717) is 19.6 Å². The van der Waals surface area contributed by atoms with Crippen molar-refractivity contribution in [3.8, 4) is 0 Å². The van der Waals surface area contributed by atoms with Crippen LogP contribution in [0.1, 0.15) is 37.9 Å². The van der Waals surface area contributed by atoms with Crippen molar-refractivity contribution in [1.82, 2.24) is 20.0 Å². The van der Waals surface area contributed by atoms with E-state index in [1.54, 1.807) is 6.07 Å². The zero-order valence-electron chi connectivity index (χ0n) is 14.5. The minimum absolute atomic E-state index is 0.0174. The fraction of sp³-hybridized carbons (Fsp3) is 0.706. The van der Waals surface area contributed by atoms with E-state index in [0.717, 1.165) is 43.7 Å². The standard InChI is InChI=1S/C17H26N4O3/c1-3-21-16(22)9-13-11-20(7-6-15(13)19-21)12(2)17(23)18-10-14-5-4-8-24-14/h9,12,14H,3-8,10-11H2,1-2H3,(H,18,23). The van der Waals surface area contributed by atoms with Gasteiger partial charge in [-0.3, -0.25) is 14.5 Å². The molecule has 3 rings (SSSR count). The van der Waals surface area contributed by atoms with E-state index in [9.17, 15) is 9.59 Å². The molecule has 0 saturated carbocycles. The Labute approximate surface area is 142 Å². The fourth-order valence-electron chi connectivity index (χ4n) is 3.35. The number of fused-ring (bicyclic) bond motifs is 1. The first kappa shape index (κ1) is 17.1. The number of rotatable bonds is 5. The topological polar surface area (TPSA) is 76.5 Å². The van der Waals surface area contributed by atoms with Crippen LogP contribution in [0.5, 0.6) is 0 Å². The summed E-state index contributed by atoms with van der Waals surface area (Å²) in [6, 6.07) is 1.43. The Hall–Kier alpha value is -1.73. The van der Waals surface area contributed by atoms with Crippen molar-refractivity contribution in [3.63, 3.8) is 0 Å². The molecule has 1 fully saturated rings. The zero-order valence-corrected chi connectivity index (χ0v) is 14.5. The lowest BCUT2D eigenvalue weighted by molar-refractivity contribution is -0.126. The van der Waals surface area contributed by atoms with E-state index < -0.39 is 0 Å². The van der Waals surface area contributed by atoms with Crippen LogP contribution < -0.4 is 10.9 Å². The Bertz CT molecular complexity index is 652. The molecule has 3 heterocycles. The highest BCUT2D eigenvalue weighted by Gasteiger charge is 2.27. The highest BCUT2D eigenvalue weighted by atomic mass is 16.5. The van der Waals surface area contributed by atoms with Crippen molar-refractivity contribution in [1.29, 1.82) is 0 Å². The molecule has 7 heteroatoms. The third-order valence-corrected chi connectivity index (χ3v) is 4.93. The van der Waals surface area contributed by atoms with Gasteiger partial charge in [0.05, 0.1) is 17.8 Å². The van der Waals surface area contributed by atoms with Gasteiger partial charge in [0.1, 0.15) is 0 Å². The summed E-state index contributed by atoms with van der Waals surface area (Å²) in [5.74, 6) is 0.0174. The quantitative estimate of drug-likeness (QED) is 0.838. The molecule has 2 atom stereocenters. The van der Waals surface area contributed by atoms with Gasteiger partial charge in [-0.2, -0.15) is 5.10 Å². The molecule has 0 aliphatic carbocycles. The SMILES string of the molecule is CCn1nc2c(cc1=O)CN(C(C)C(=O)NCC1CCCO1)CC2. The zero-order chi connectivity index (χ0) is 17.1. The molecule has 24 heavy (non-hydrogen) atoms. The lowest BCUT2D eigenvalue weighted by atomic mass is 10.0. The van der Waals surface area contributed by atoms with Gasteiger partial charge in [0, 0.05) is 45.3 Å². The van der Waals surface area contributed by atoms with Gasteiger partial charge in [-0.05, 0) is 32.3 Å². The number of hydrogen-bond donors (Lipinski definition) is 1. The number of aromatic nitrogens is 2. The van der Waals surface area contributed by atoms with Gasteiger partial charge in [0.2, 0.25) is 5.91 Å². The van der Waals surface area contributed by atoms with Crippen LogP contribution in [0, 0.1) is 0 Å². The van der Waals surface area contributed by atoms with Crippen molar-refractivity contribution in [2.24, 2.45) is 0 Å². The molecule has 1 N–H and O–H groups in total. The van der Waals surface area contributed by atoms with Crippen molar-refractivity contribution in [2.45, 2.75) is 58.3 Å². The number of aryl methyl sites for hydroxylation is 1. The van der Waals surface area contributed by atoms with E-state index >= 15 is 0 Å². The third-order valence-electron chi connectivity index (χ3n) is 4.93. The number of nitrogens with zero attached hydrogens (tertiary/aromatic N) is 3. The van der Waals surface area contributed by atoms with Crippen LogP contribution in [0.3, 0.4) is 0 Å². The minimum atomic E-state index is -0.229. The Kier molecular flexibility index (Phi) is 5.30. The van der Waals surface area contributed by atoms with E-state index in [1.807, 2.05) is 13.8 Å². The lowest BCUT2D eigenvalue weighted by Crippen LogP contribution is -2.48. The molecule has 0 radical (unpaired) electrons. The summed E-state index contributed by atoms with van der Waals surface area (Å²) in [6.07, 6.45) is 3.00. The molecule has 1 amide bonds. The minimum Gasteiger partial charge on any atom is -0.376 e. The summed E-state index contributed by atoms with van der Waals surface area (Å²) in [7, 11) is 0. The molecule has 2 aliphatic heterocycles. The first-order valence-electron chi connectivity index (χ1n) is 8.81. The Morgan fingerprint density at radius 2 is 2.38 bits per heavy atom. The second-order valence-electron chi connectivity index (χ2n) is 6.55. The van der Waals surface area contributed by atoms with Crippen LogP contribution in [-0.2, 0) is 29.0 Å². The van der Waals surface area contributed by atoms with Gasteiger partial charge < -0.3 is 10.1 Å². The number of carbonyl (C=O) groups is 1. The summed E-state index contributed by atoms with van der Waals surface area (Å²) in [6.45, 7) is 7.15. The Morgan fingerprint density at radius 1 is 1.54 bits per heavy atom. The molecule has 0 aromatic carbocycles. The summed E-state index contributed by atoms with van der Waals surface area (Å²) in [5, 5.41) is 7.41. The van der Waals surface area contributed by atoms with Crippen molar-refractivity contribution in [3.05, 3.63) is 27.7 Å². The maximum atomic E-state index is 12.4. The number of amides is 1. The molecule has 0 bridgehead atoms. The average Bonchev–Trinajstić information content (AvgIpc) is 3.11. The molecule has 1 saturated heterocycles. The normalized spacial score (nSPS) is 22.2. The third kappa shape index (κ3) is 3.67. The smallest absolute Gasteiger partial charge is 0.267 e. The molecular weight excluding hydrogens is 308 g/mol. The van der Waals surface area contributed by atoms with Gasteiger partial charge >= 0.3 is 0 Å². The van der Waals surface area contributed by atoms with E-state index in [4.69, 9.17) is 4.74 Å².